The molecule has 0 spiro atoms. The van der Waals surface area contributed by atoms with Crippen LogP contribution in [0.3, 0.4) is 0 Å². The number of carbonyl (C=O) groups is 1. The minimum atomic E-state index is -2.83. The smallest absolute Gasteiger partial charge is 0.284 e. The highest BCUT2D eigenvalue weighted by atomic mass is 19.3. The summed E-state index contributed by atoms with van der Waals surface area (Å²) in [5, 5.41) is 17.3. The Hall–Kier alpha value is -3.08. The summed E-state index contributed by atoms with van der Waals surface area (Å²) >= 11 is 0. The third-order valence-corrected chi connectivity index (χ3v) is 7.09. The zero-order chi connectivity index (χ0) is 23.8. The number of carbonyl (C=O) groups excluding carboxylic acids is 1. The second-order valence-electron chi connectivity index (χ2n) is 9.43. The molecule has 2 saturated heterocycles. The standard InChI is InChI=1S/C23H29F2N7O2/c1-13-2-4-14(5-3-13)32-11-18(20(30-32)21(24)25)28-23(33)17(9-26)22-27-7-6-19(29-22)31-10-16-8-15(31)12-34-16/h6-7,9,11,13-16,21,26-27H,2-5,8,10,12H2,1H3,(H,28,33)/b22-17-,26-9?/t13?,14?,15-,16-/m1/s1. The summed E-state index contributed by atoms with van der Waals surface area (Å²) < 4.78 is 34.6. The van der Waals surface area contributed by atoms with Crippen molar-refractivity contribution in [3.05, 3.63) is 35.6 Å². The van der Waals surface area contributed by atoms with Gasteiger partial charge >= 0.3 is 0 Å². The average Bonchev–Trinajstić information content (AvgIpc) is 3.56. The van der Waals surface area contributed by atoms with Crippen LogP contribution in [0.2, 0.25) is 0 Å². The van der Waals surface area contributed by atoms with E-state index in [1.165, 1.54) is 6.20 Å². The Morgan fingerprint density at radius 2 is 2.12 bits per heavy atom. The number of nitrogens with one attached hydrogen (secondary N) is 3. The van der Waals surface area contributed by atoms with Crippen molar-refractivity contribution in [2.24, 2.45) is 10.9 Å². The number of ether oxygens (including phenoxy) is 1. The van der Waals surface area contributed by atoms with E-state index in [0.29, 0.717) is 18.4 Å². The molecule has 1 saturated carbocycles. The van der Waals surface area contributed by atoms with E-state index in [1.807, 2.05) is 6.08 Å². The van der Waals surface area contributed by atoms with Crippen molar-refractivity contribution in [1.29, 1.82) is 5.41 Å². The van der Waals surface area contributed by atoms with Crippen molar-refractivity contribution in [3.63, 3.8) is 0 Å². The summed E-state index contributed by atoms with van der Waals surface area (Å²) in [7, 11) is 0. The van der Waals surface area contributed by atoms with Gasteiger partial charge in [-0.05, 0) is 44.1 Å². The van der Waals surface area contributed by atoms with Gasteiger partial charge < -0.3 is 25.7 Å². The molecule has 3 fully saturated rings. The molecule has 9 nitrogen and oxygen atoms in total. The van der Waals surface area contributed by atoms with Crippen molar-refractivity contribution in [3.8, 4) is 0 Å². The Balaban J connectivity index is 1.37. The SMILES string of the molecule is CC1CCC(n2cc(NC(=O)/C(C=N)=C3\N=C(N4C[C@H]5C[C@@H]4CO5)C=CN3)c(C(F)F)n2)CC1. The zero-order valence-corrected chi connectivity index (χ0v) is 19.0. The fourth-order valence-electron chi connectivity index (χ4n) is 5.15. The van der Waals surface area contributed by atoms with Crippen LogP contribution < -0.4 is 10.6 Å². The van der Waals surface area contributed by atoms with Crippen LogP contribution in [-0.2, 0) is 9.53 Å². The number of fused-ring (bicyclic) bond motifs is 2. The van der Waals surface area contributed by atoms with Gasteiger partial charge in [0.25, 0.3) is 12.3 Å². The predicted octanol–water partition coefficient (Wildman–Crippen LogP) is 3.36. The average molecular weight is 474 g/mol. The second kappa shape index (κ2) is 9.28. The van der Waals surface area contributed by atoms with E-state index in [2.05, 4.69) is 32.5 Å². The Labute approximate surface area is 196 Å². The molecule has 0 unspecified atom stereocenters. The van der Waals surface area contributed by atoms with Gasteiger partial charge in [0.2, 0.25) is 0 Å². The Kier molecular flexibility index (Phi) is 6.20. The van der Waals surface area contributed by atoms with Crippen LogP contribution in [0.1, 0.15) is 57.2 Å². The number of hydrogen-bond donors (Lipinski definition) is 3. The first-order valence-electron chi connectivity index (χ1n) is 11.8. The number of amidine groups is 1. The topological polar surface area (TPSA) is 108 Å². The molecular formula is C23H29F2N7O2. The number of nitrogens with zero attached hydrogens (tertiary/aromatic N) is 4. The summed E-state index contributed by atoms with van der Waals surface area (Å²) in [5.74, 6) is 0.805. The van der Waals surface area contributed by atoms with Crippen LogP contribution in [0.15, 0.2) is 34.9 Å². The quantitative estimate of drug-likeness (QED) is 0.449. The lowest BCUT2D eigenvalue weighted by Gasteiger charge is -2.30. The maximum Gasteiger partial charge on any atom is 0.284 e. The Morgan fingerprint density at radius 3 is 2.76 bits per heavy atom. The van der Waals surface area contributed by atoms with Crippen LogP contribution >= 0.6 is 0 Å². The maximum absolute atomic E-state index is 13.7. The number of likely N-dealkylation sites (tertiary alicyclic amines) is 1. The number of anilines is 1. The molecule has 2 bridgehead atoms. The van der Waals surface area contributed by atoms with Gasteiger partial charge in [-0.2, -0.15) is 5.10 Å². The normalized spacial score (nSPS) is 29.8. The van der Waals surface area contributed by atoms with E-state index in [4.69, 9.17) is 10.1 Å². The Bertz CT molecular complexity index is 1060. The van der Waals surface area contributed by atoms with Crippen LogP contribution in [-0.4, -0.2) is 57.9 Å². The predicted molar refractivity (Wildman–Crippen MR) is 123 cm³/mol. The molecule has 1 amide bonds. The number of aliphatic imine (C=N–C) groups is 1. The lowest BCUT2D eigenvalue weighted by molar-refractivity contribution is -0.112. The highest BCUT2D eigenvalue weighted by molar-refractivity contribution is 6.18. The van der Waals surface area contributed by atoms with Crippen molar-refractivity contribution in [2.45, 2.75) is 63.6 Å². The van der Waals surface area contributed by atoms with Crippen LogP contribution in [0.5, 0.6) is 0 Å². The maximum atomic E-state index is 13.7. The van der Waals surface area contributed by atoms with Gasteiger partial charge in [-0.25, -0.2) is 13.8 Å². The summed E-state index contributed by atoms with van der Waals surface area (Å²) in [4.78, 5) is 19.7. The molecule has 11 heteroatoms. The molecule has 3 N–H and O–H groups in total. The summed E-state index contributed by atoms with van der Waals surface area (Å²) in [5.41, 5.74) is -0.555. The fourth-order valence-corrected chi connectivity index (χ4v) is 5.15. The lowest BCUT2D eigenvalue weighted by Crippen LogP contribution is -2.42. The van der Waals surface area contributed by atoms with Crippen molar-refractivity contribution >= 4 is 23.6 Å². The van der Waals surface area contributed by atoms with Gasteiger partial charge in [-0.3, -0.25) is 9.48 Å². The van der Waals surface area contributed by atoms with Crippen LogP contribution in [0.25, 0.3) is 0 Å². The Morgan fingerprint density at radius 1 is 1.32 bits per heavy atom. The van der Waals surface area contributed by atoms with E-state index in [9.17, 15) is 13.6 Å². The fraction of sp³-hybridized carbons (Fsp3) is 0.565. The van der Waals surface area contributed by atoms with E-state index >= 15 is 0 Å². The highest BCUT2D eigenvalue weighted by Gasteiger charge is 2.40. The first-order valence-corrected chi connectivity index (χ1v) is 11.8. The molecule has 1 aromatic heterocycles. The molecule has 1 aliphatic carbocycles. The third kappa shape index (κ3) is 4.36. The van der Waals surface area contributed by atoms with E-state index in [0.717, 1.165) is 44.9 Å². The molecule has 4 heterocycles. The van der Waals surface area contributed by atoms with E-state index < -0.39 is 18.0 Å². The second-order valence-corrected chi connectivity index (χ2v) is 9.43. The lowest BCUT2D eigenvalue weighted by atomic mass is 9.87. The molecular weight excluding hydrogens is 444 g/mol. The van der Waals surface area contributed by atoms with Gasteiger partial charge in [0, 0.05) is 25.2 Å². The number of rotatable bonds is 5. The monoisotopic (exact) mass is 473 g/mol. The van der Waals surface area contributed by atoms with E-state index in [-0.39, 0.29) is 35.3 Å². The molecule has 0 radical (unpaired) electrons. The highest BCUT2D eigenvalue weighted by Crippen LogP contribution is 2.34. The van der Waals surface area contributed by atoms with Gasteiger partial charge in [-0.15, -0.1) is 0 Å². The molecule has 5 rings (SSSR count). The molecule has 1 aromatic rings. The molecule has 3 aliphatic heterocycles. The zero-order valence-electron chi connectivity index (χ0n) is 19.0. The van der Waals surface area contributed by atoms with Crippen molar-refractivity contribution in [2.75, 3.05) is 18.5 Å². The minimum Gasteiger partial charge on any atom is -0.374 e. The van der Waals surface area contributed by atoms with Gasteiger partial charge in [0.05, 0.1) is 36.1 Å². The molecule has 182 valence electrons. The first-order chi connectivity index (χ1) is 16.4. The van der Waals surface area contributed by atoms with Gasteiger partial charge in [0.15, 0.2) is 5.69 Å². The molecule has 0 aromatic carbocycles. The molecule has 4 aliphatic rings. The summed E-state index contributed by atoms with van der Waals surface area (Å²) in [6.45, 7) is 3.55. The van der Waals surface area contributed by atoms with Crippen molar-refractivity contribution < 1.29 is 18.3 Å². The number of halogens is 2. The van der Waals surface area contributed by atoms with Crippen molar-refractivity contribution in [1.82, 2.24) is 20.0 Å². The van der Waals surface area contributed by atoms with Gasteiger partial charge in [-0.1, -0.05) is 6.92 Å². The number of amides is 1. The number of hydrogen-bond acceptors (Lipinski definition) is 7. The molecule has 34 heavy (non-hydrogen) atoms. The van der Waals surface area contributed by atoms with E-state index in [1.54, 1.807) is 10.9 Å². The largest absolute Gasteiger partial charge is 0.374 e. The first kappa shape index (κ1) is 22.7. The summed E-state index contributed by atoms with van der Waals surface area (Å²) in [6.07, 6.45) is 7.91. The van der Waals surface area contributed by atoms with Crippen LogP contribution in [0, 0.1) is 11.3 Å². The minimum absolute atomic E-state index is 0.0388. The number of alkyl halides is 2. The van der Waals surface area contributed by atoms with Gasteiger partial charge in [0.1, 0.15) is 11.7 Å². The summed E-state index contributed by atoms with van der Waals surface area (Å²) in [6, 6.07) is 0.282. The number of aromatic nitrogens is 2. The third-order valence-electron chi connectivity index (χ3n) is 7.09. The van der Waals surface area contributed by atoms with Crippen LogP contribution in [0.4, 0.5) is 14.5 Å². The molecule has 2 atom stereocenters. The number of morpholine rings is 1.